The highest BCUT2D eigenvalue weighted by Gasteiger charge is 2.30. The van der Waals surface area contributed by atoms with E-state index in [1.807, 2.05) is 41.8 Å². The number of thiophene rings is 1. The molecule has 0 saturated carbocycles. The molecule has 3 heterocycles. The molecule has 0 amide bonds. The molecule has 9 heteroatoms. The predicted octanol–water partition coefficient (Wildman–Crippen LogP) is 6.35. The van der Waals surface area contributed by atoms with Crippen LogP contribution in [-0.4, -0.2) is 49.7 Å². The topological polar surface area (TPSA) is 87.9 Å². The first-order valence-corrected chi connectivity index (χ1v) is 14.7. The lowest BCUT2D eigenvalue weighted by atomic mass is 9.87. The molecule has 0 spiro atoms. The first-order chi connectivity index (χ1) is 20.3. The van der Waals surface area contributed by atoms with E-state index in [2.05, 4.69) is 57.9 Å². The molecule has 1 saturated heterocycles. The summed E-state index contributed by atoms with van der Waals surface area (Å²) in [6, 6.07) is 26.8. The van der Waals surface area contributed by atoms with Crippen molar-refractivity contribution in [1.29, 1.82) is 0 Å². The summed E-state index contributed by atoms with van der Waals surface area (Å²) >= 11 is 1.57. The Morgan fingerprint density at radius 1 is 1.00 bits per heavy atom. The summed E-state index contributed by atoms with van der Waals surface area (Å²) in [5, 5.41) is 11.9. The Balaban J connectivity index is 1.13. The largest absolute Gasteiger partial charge is 0.484 e. The number of piperidine rings is 1. The fourth-order valence-corrected chi connectivity index (χ4v) is 5.74. The van der Waals surface area contributed by atoms with Crippen molar-refractivity contribution >= 4 is 22.1 Å². The molecule has 2 aromatic heterocycles. The van der Waals surface area contributed by atoms with Gasteiger partial charge >= 0.3 is 0 Å². The smallest absolute Gasteiger partial charge is 0.264 e. The summed E-state index contributed by atoms with van der Waals surface area (Å²) in [6.45, 7) is 2.82. The third kappa shape index (κ3) is 6.83. The first-order valence-electron chi connectivity index (χ1n) is 13.8. The fraction of sp³-hybridized carbons (Fsp3) is 0.312. The van der Waals surface area contributed by atoms with Crippen LogP contribution >= 0.6 is 11.3 Å². The van der Waals surface area contributed by atoms with E-state index in [0.717, 1.165) is 41.1 Å². The number of nitrogens with zero attached hydrogens (tertiary/aromatic N) is 2. The van der Waals surface area contributed by atoms with Gasteiger partial charge in [0.25, 0.3) is 5.89 Å². The van der Waals surface area contributed by atoms with Gasteiger partial charge in [-0.15, -0.1) is 11.3 Å². The van der Waals surface area contributed by atoms with Crippen LogP contribution < -0.4 is 10.1 Å². The van der Waals surface area contributed by atoms with Gasteiger partial charge in [-0.2, -0.15) is 4.98 Å². The third-order valence-corrected chi connectivity index (χ3v) is 8.07. The summed E-state index contributed by atoms with van der Waals surface area (Å²) in [7, 11) is 1.67. The average Bonchev–Trinajstić information content (AvgIpc) is 3.73. The van der Waals surface area contributed by atoms with Gasteiger partial charge in [-0.05, 0) is 58.9 Å². The van der Waals surface area contributed by atoms with Crippen LogP contribution in [0.3, 0.4) is 0 Å². The molecule has 41 heavy (non-hydrogen) atoms. The van der Waals surface area contributed by atoms with E-state index in [1.165, 1.54) is 10.9 Å². The van der Waals surface area contributed by atoms with Gasteiger partial charge in [0.1, 0.15) is 5.75 Å². The number of ether oxygens (including phenoxy) is 4. The Morgan fingerprint density at radius 2 is 1.88 bits per heavy atom. The Hall–Kier alpha value is -3.60. The number of benzene rings is 3. The zero-order chi connectivity index (χ0) is 27.9. The fourth-order valence-electron chi connectivity index (χ4n) is 5.10. The molecule has 0 bridgehead atoms. The minimum atomic E-state index is -0.502. The number of fused-ring (bicyclic) bond motifs is 1. The van der Waals surface area contributed by atoms with Gasteiger partial charge in [0, 0.05) is 25.1 Å². The number of aromatic nitrogens is 2. The van der Waals surface area contributed by atoms with Crippen LogP contribution in [0.4, 0.5) is 0 Å². The maximum absolute atomic E-state index is 6.71. The number of rotatable bonds is 12. The van der Waals surface area contributed by atoms with Gasteiger partial charge in [0.15, 0.2) is 12.9 Å². The van der Waals surface area contributed by atoms with Gasteiger partial charge in [0.05, 0.1) is 24.2 Å². The molecule has 3 atom stereocenters. The van der Waals surface area contributed by atoms with E-state index in [-0.39, 0.29) is 18.6 Å². The number of nitrogens with one attached hydrogen (secondary N) is 1. The van der Waals surface area contributed by atoms with Gasteiger partial charge in [-0.3, -0.25) is 0 Å². The molecule has 0 aliphatic carbocycles. The third-order valence-electron chi connectivity index (χ3n) is 7.21. The second-order valence-corrected chi connectivity index (χ2v) is 10.9. The van der Waals surface area contributed by atoms with Crippen LogP contribution in [0, 0.1) is 0 Å². The maximum atomic E-state index is 6.71. The van der Waals surface area contributed by atoms with E-state index >= 15 is 0 Å². The highest BCUT2D eigenvalue weighted by molar-refractivity contribution is 7.13. The van der Waals surface area contributed by atoms with Crippen LogP contribution in [0.15, 0.2) is 88.8 Å². The Bertz CT molecular complexity index is 1520. The van der Waals surface area contributed by atoms with Crippen LogP contribution in [0.1, 0.15) is 35.6 Å². The summed E-state index contributed by atoms with van der Waals surface area (Å²) in [5.74, 6) is 1.98. The SMILES string of the molecule is COCCOC(OC1CNCCC1c1ccc(OCc2nc(-c3cccs3)no2)cc1)c1ccc2ccccc2c1. The molecule has 1 fully saturated rings. The van der Waals surface area contributed by atoms with Crippen LogP contribution in [0.5, 0.6) is 5.75 Å². The molecule has 6 rings (SSSR count). The van der Waals surface area contributed by atoms with E-state index in [0.29, 0.717) is 24.9 Å². The molecule has 3 unspecified atom stereocenters. The van der Waals surface area contributed by atoms with E-state index < -0.39 is 6.29 Å². The van der Waals surface area contributed by atoms with Crippen molar-refractivity contribution in [2.45, 2.75) is 31.3 Å². The van der Waals surface area contributed by atoms with Crippen molar-refractivity contribution in [2.24, 2.45) is 0 Å². The molecule has 0 radical (unpaired) electrons. The summed E-state index contributed by atoms with van der Waals surface area (Å²) < 4.78 is 29.4. The molecule has 212 valence electrons. The molecule has 1 aliphatic rings. The Labute approximate surface area is 243 Å². The number of hydrogen-bond acceptors (Lipinski definition) is 9. The lowest BCUT2D eigenvalue weighted by Gasteiger charge is -2.35. The second-order valence-electron chi connectivity index (χ2n) is 9.92. The van der Waals surface area contributed by atoms with Crippen molar-refractivity contribution in [3.8, 4) is 16.5 Å². The van der Waals surface area contributed by atoms with E-state index in [9.17, 15) is 0 Å². The van der Waals surface area contributed by atoms with Crippen molar-refractivity contribution in [3.05, 3.63) is 101 Å². The van der Waals surface area contributed by atoms with Crippen molar-refractivity contribution < 1.29 is 23.5 Å². The number of methoxy groups -OCH3 is 1. The highest BCUT2D eigenvalue weighted by atomic mass is 32.1. The van der Waals surface area contributed by atoms with Gasteiger partial charge < -0.3 is 28.8 Å². The minimum Gasteiger partial charge on any atom is -0.484 e. The van der Waals surface area contributed by atoms with E-state index in [1.54, 1.807) is 18.4 Å². The van der Waals surface area contributed by atoms with Crippen LogP contribution in [0.25, 0.3) is 21.5 Å². The second kappa shape index (κ2) is 13.4. The first kappa shape index (κ1) is 27.6. The molecule has 8 nitrogen and oxygen atoms in total. The molecule has 5 aromatic rings. The Kier molecular flexibility index (Phi) is 8.99. The molecular weight excluding hydrogens is 538 g/mol. The molecular formula is C32H33N3O5S. The van der Waals surface area contributed by atoms with Crippen LogP contribution in [-0.2, 0) is 20.8 Å². The average molecular weight is 572 g/mol. The molecule has 3 aromatic carbocycles. The summed E-state index contributed by atoms with van der Waals surface area (Å²) in [4.78, 5) is 5.40. The van der Waals surface area contributed by atoms with Crippen molar-refractivity contribution in [1.82, 2.24) is 15.5 Å². The standard InChI is InChI=1S/C32H33N3O5S/c1-36-16-17-37-32(25-9-8-22-5-2-3-6-24(22)19-25)39-28-20-33-15-14-27(28)23-10-12-26(13-11-23)38-21-30-34-31(35-40-30)29-7-4-18-41-29/h2-13,18-19,27-28,32-33H,14-17,20-21H2,1H3. The van der Waals surface area contributed by atoms with Gasteiger partial charge in [-0.1, -0.05) is 59.8 Å². The van der Waals surface area contributed by atoms with E-state index in [4.69, 9.17) is 23.5 Å². The number of hydrogen-bond donors (Lipinski definition) is 1. The summed E-state index contributed by atoms with van der Waals surface area (Å²) in [6.07, 6.45) is 0.391. The highest BCUT2D eigenvalue weighted by Crippen LogP contribution is 2.34. The maximum Gasteiger partial charge on any atom is 0.264 e. The minimum absolute atomic E-state index is 0.0661. The molecule has 1 N–H and O–H groups in total. The monoisotopic (exact) mass is 571 g/mol. The Morgan fingerprint density at radius 3 is 2.71 bits per heavy atom. The normalized spacial score (nSPS) is 18.0. The van der Waals surface area contributed by atoms with Gasteiger partial charge in [0.2, 0.25) is 5.82 Å². The molecule has 1 aliphatic heterocycles. The zero-order valence-electron chi connectivity index (χ0n) is 22.9. The van der Waals surface area contributed by atoms with Crippen molar-refractivity contribution in [3.63, 3.8) is 0 Å². The summed E-state index contributed by atoms with van der Waals surface area (Å²) in [5.41, 5.74) is 2.20. The zero-order valence-corrected chi connectivity index (χ0v) is 23.7. The van der Waals surface area contributed by atoms with Crippen LogP contribution in [0.2, 0.25) is 0 Å². The van der Waals surface area contributed by atoms with Gasteiger partial charge in [-0.25, -0.2) is 0 Å². The van der Waals surface area contributed by atoms with Crippen molar-refractivity contribution in [2.75, 3.05) is 33.4 Å². The lowest BCUT2D eigenvalue weighted by molar-refractivity contribution is -0.187. The lowest BCUT2D eigenvalue weighted by Crippen LogP contribution is -2.42. The predicted molar refractivity (Wildman–Crippen MR) is 158 cm³/mol. The quantitative estimate of drug-likeness (QED) is 0.137.